The maximum absolute atomic E-state index is 5.25. The predicted molar refractivity (Wildman–Crippen MR) is 235 cm³/mol. The van der Waals surface area contributed by atoms with E-state index < -0.39 is 0 Å². The van der Waals surface area contributed by atoms with E-state index in [0.717, 1.165) is 44.2 Å². The van der Waals surface area contributed by atoms with Crippen LogP contribution in [0.2, 0.25) is 0 Å². The standard InChI is InChI=1S/C53H33N3/c1-2-13-34(14-3-1)38-18-12-19-41(31-38)52-54-51(55-53(56-52)49-33-39-16-5-8-21-43(39)45-23-10-11-24-46(45)49)37-27-25-36(26-28-37)50-44-22-9-6-17-40(44)32-48-42-20-7-4-15-35(42)29-30-47(48)50/h1-33H. The Labute approximate surface area is 324 Å². The molecule has 0 aliphatic carbocycles. The highest BCUT2D eigenvalue weighted by atomic mass is 15.0. The van der Waals surface area contributed by atoms with Gasteiger partial charge in [-0.25, -0.2) is 15.0 Å². The van der Waals surface area contributed by atoms with Gasteiger partial charge >= 0.3 is 0 Å². The van der Waals surface area contributed by atoms with Crippen molar-refractivity contribution in [2.24, 2.45) is 0 Å². The Morgan fingerprint density at radius 3 is 1.54 bits per heavy atom. The van der Waals surface area contributed by atoms with E-state index in [9.17, 15) is 0 Å². The molecular weight excluding hydrogens is 679 g/mol. The van der Waals surface area contributed by atoms with Crippen molar-refractivity contribution in [1.29, 1.82) is 0 Å². The highest BCUT2D eigenvalue weighted by Crippen LogP contribution is 2.40. The summed E-state index contributed by atoms with van der Waals surface area (Å²) >= 11 is 0. The first kappa shape index (κ1) is 32.0. The molecule has 10 aromatic carbocycles. The van der Waals surface area contributed by atoms with E-state index in [0.29, 0.717) is 17.5 Å². The van der Waals surface area contributed by atoms with Crippen molar-refractivity contribution in [3.05, 3.63) is 200 Å². The first-order valence-corrected chi connectivity index (χ1v) is 19.0. The molecule has 56 heavy (non-hydrogen) atoms. The molecule has 11 rings (SSSR count). The SMILES string of the molecule is c1ccc(-c2cccc(-c3nc(-c4ccc(-c5c6ccccc6cc6c5ccc5ccccc56)cc4)nc(-c4cc5ccccc5c5ccccc45)n3)c2)cc1. The Balaban J connectivity index is 1.11. The summed E-state index contributed by atoms with van der Waals surface area (Å²) in [6, 6.07) is 71.2. The van der Waals surface area contributed by atoms with Gasteiger partial charge in [-0.05, 0) is 94.3 Å². The van der Waals surface area contributed by atoms with Gasteiger partial charge in [0.25, 0.3) is 0 Å². The molecule has 0 unspecified atom stereocenters. The van der Waals surface area contributed by atoms with Gasteiger partial charge in [0.1, 0.15) is 0 Å². The zero-order valence-electron chi connectivity index (χ0n) is 30.4. The van der Waals surface area contributed by atoms with Crippen LogP contribution in [0, 0.1) is 0 Å². The molecule has 0 amide bonds. The van der Waals surface area contributed by atoms with Crippen LogP contribution in [0.25, 0.3) is 110 Å². The monoisotopic (exact) mass is 711 g/mol. The number of hydrogen-bond acceptors (Lipinski definition) is 3. The molecule has 1 aromatic heterocycles. The summed E-state index contributed by atoms with van der Waals surface area (Å²) in [6.07, 6.45) is 0. The van der Waals surface area contributed by atoms with Gasteiger partial charge < -0.3 is 0 Å². The molecule has 0 saturated heterocycles. The third kappa shape index (κ3) is 5.40. The van der Waals surface area contributed by atoms with Crippen LogP contribution >= 0.6 is 0 Å². The highest BCUT2D eigenvalue weighted by molar-refractivity contribution is 6.20. The molecule has 0 N–H and O–H groups in total. The van der Waals surface area contributed by atoms with E-state index in [2.05, 4.69) is 194 Å². The van der Waals surface area contributed by atoms with E-state index in [1.54, 1.807) is 0 Å². The normalized spacial score (nSPS) is 11.6. The van der Waals surface area contributed by atoms with Gasteiger partial charge in [-0.2, -0.15) is 0 Å². The number of aromatic nitrogens is 3. The van der Waals surface area contributed by atoms with E-state index in [-0.39, 0.29) is 0 Å². The first-order valence-electron chi connectivity index (χ1n) is 19.0. The van der Waals surface area contributed by atoms with Crippen molar-refractivity contribution in [2.75, 3.05) is 0 Å². The Kier molecular flexibility index (Phi) is 7.49. The maximum atomic E-state index is 5.25. The molecule has 0 atom stereocenters. The first-order chi connectivity index (χ1) is 27.7. The maximum Gasteiger partial charge on any atom is 0.164 e. The van der Waals surface area contributed by atoms with Gasteiger partial charge in [-0.3, -0.25) is 0 Å². The highest BCUT2D eigenvalue weighted by Gasteiger charge is 2.18. The van der Waals surface area contributed by atoms with E-state index in [1.807, 2.05) is 6.07 Å². The van der Waals surface area contributed by atoms with Crippen molar-refractivity contribution < 1.29 is 0 Å². The topological polar surface area (TPSA) is 38.7 Å². The van der Waals surface area contributed by atoms with Gasteiger partial charge in [0.05, 0.1) is 0 Å². The molecule has 1 heterocycles. The quantitative estimate of drug-likeness (QED) is 0.132. The molecule has 0 saturated carbocycles. The fraction of sp³-hybridized carbons (Fsp3) is 0. The Hall–Kier alpha value is -7.49. The van der Waals surface area contributed by atoms with Crippen LogP contribution in [0.1, 0.15) is 0 Å². The molecule has 0 aliphatic heterocycles. The molecule has 3 heteroatoms. The molecule has 0 bridgehead atoms. The molecule has 0 radical (unpaired) electrons. The lowest BCUT2D eigenvalue weighted by Crippen LogP contribution is -2.01. The van der Waals surface area contributed by atoms with Crippen molar-refractivity contribution in [1.82, 2.24) is 15.0 Å². The van der Waals surface area contributed by atoms with Crippen molar-refractivity contribution >= 4 is 53.9 Å². The zero-order valence-corrected chi connectivity index (χ0v) is 30.4. The summed E-state index contributed by atoms with van der Waals surface area (Å²) in [4.78, 5) is 15.7. The molecule has 3 nitrogen and oxygen atoms in total. The predicted octanol–water partition coefficient (Wildman–Crippen LogP) is 14.0. The number of benzene rings is 10. The van der Waals surface area contributed by atoms with Crippen molar-refractivity contribution in [3.8, 4) is 56.4 Å². The van der Waals surface area contributed by atoms with Gasteiger partial charge in [-0.15, -0.1) is 0 Å². The van der Waals surface area contributed by atoms with Gasteiger partial charge in [0.2, 0.25) is 0 Å². The third-order valence-corrected chi connectivity index (χ3v) is 11.1. The molecule has 0 aliphatic rings. The lowest BCUT2D eigenvalue weighted by atomic mass is 9.89. The van der Waals surface area contributed by atoms with Gasteiger partial charge in [-0.1, -0.05) is 182 Å². The lowest BCUT2D eigenvalue weighted by Gasteiger charge is -2.15. The summed E-state index contributed by atoms with van der Waals surface area (Å²) in [5.74, 6) is 1.91. The summed E-state index contributed by atoms with van der Waals surface area (Å²) in [5, 5.41) is 12.1. The Bertz CT molecular complexity index is 3300. The second kappa shape index (κ2) is 13.1. The second-order valence-electron chi connectivity index (χ2n) is 14.4. The smallest absolute Gasteiger partial charge is 0.164 e. The fourth-order valence-electron chi connectivity index (χ4n) is 8.38. The van der Waals surface area contributed by atoms with Crippen LogP contribution in [0.3, 0.4) is 0 Å². The summed E-state index contributed by atoms with van der Waals surface area (Å²) in [5.41, 5.74) is 7.49. The number of nitrogens with zero attached hydrogens (tertiary/aromatic N) is 3. The average molecular weight is 712 g/mol. The minimum atomic E-state index is 0.632. The molecule has 0 spiro atoms. The average Bonchev–Trinajstić information content (AvgIpc) is 3.28. The molecule has 11 aromatic rings. The van der Waals surface area contributed by atoms with E-state index in [1.165, 1.54) is 48.7 Å². The largest absolute Gasteiger partial charge is 0.208 e. The molecule has 260 valence electrons. The summed E-state index contributed by atoms with van der Waals surface area (Å²) in [6.45, 7) is 0. The second-order valence-corrected chi connectivity index (χ2v) is 14.4. The van der Waals surface area contributed by atoms with Crippen molar-refractivity contribution in [2.45, 2.75) is 0 Å². The number of hydrogen-bond donors (Lipinski definition) is 0. The van der Waals surface area contributed by atoms with E-state index in [4.69, 9.17) is 15.0 Å². The minimum Gasteiger partial charge on any atom is -0.208 e. The van der Waals surface area contributed by atoms with Gasteiger partial charge in [0, 0.05) is 16.7 Å². The van der Waals surface area contributed by atoms with Crippen LogP contribution in [0.5, 0.6) is 0 Å². The van der Waals surface area contributed by atoms with Crippen LogP contribution in [-0.2, 0) is 0 Å². The minimum absolute atomic E-state index is 0.632. The van der Waals surface area contributed by atoms with E-state index >= 15 is 0 Å². The Morgan fingerprint density at radius 2 is 0.768 bits per heavy atom. The Morgan fingerprint density at radius 1 is 0.232 bits per heavy atom. The summed E-state index contributed by atoms with van der Waals surface area (Å²) < 4.78 is 0. The molecular formula is C53H33N3. The van der Waals surface area contributed by atoms with Crippen LogP contribution < -0.4 is 0 Å². The molecule has 0 fully saturated rings. The van der Waals surface area contributed by atoms with Crippen LogP contribution in [0.15, 0.2) is 200 Å². The zero-order chi connectivity index (χ0) is 37.0. The van der Waals surface area contributed by atoms with Crippen LogP contribution in [-0.4, -0.2) is 15.0 Å². The van der Waals surface area contributed by atoms with Crippen molar-refractivity contribution in [3.63, 3.8) is 0 Å². The fourth-order valence-corrected chi connectivity index (χ4v) is 8.38. The number of fused-ring (bicyclic) bond motifs is 7. The lowest BCUT2D eigenvalue weighted by molar-refractivity contribution is 1.08. The third-order valence-electron chi connectivity index (χ3n) is 11.1. The van der Waals surface area contributed by atoms with Gasteiger partial charge in [0.15, 0.2) is 17.5 Å². The van der Waals surface area contributed by atoms with Crippen LogP contribution in [0.4, 0.5) is 0 Å². The summed E-state index contributed by atoms with van der Waals surface area (Å²) in [7, 11) is 0. The number of rotatable bonds is 5.